The van der Waals surface area contributed by atoms with Gasteiger partial charge in [0.15, 0.2) is 0 Å². The van der Waals surface area contributed by atoms with Crippen LogP contribution in [0.5, 0.6) is 0 Å². The molecule has 2 N–H and O–H groups in total. The molecule has 2 aromatic rings. The number of benzene rings is 1. The second-order valence-corrected chi connectivity index (χ2v) is 6.35. The van der Waals surface area contributed by atoms with E-state index in [1.165, 1.54) is 30.5 Å². The van der Waals surface area contributed by atoms with Gasteiger partial charge in [0.25, 0.3) is 5.91 Å². The van der Waals surface area contributed by atoms with Crippen LogP contribution in [-0.2, 0) is 16.1 Å². The zero-order valence-electron chi connectivity index (χ0n) is 14.9. The summed E-state index contributed by atoms with van der Waals surface area (Å²) < 4.78 is 57.1. The van der Waals surface area contributed by atoms with E-state index in [4.69, 9.17) is 10.2 Å². The molecule has 3 rings (SSSR count). The Balaban J connectivity index is 1.88. The predicted molar refractivity (Wildman–Crippen MR) is 94.1 cm³/mol. The Bertz CT molecular complexity index is 910. The fourth-order valence-electron chi connectivity index (χ4n) is 2.88. The predicted octanol–water partition coefficient (Wildman–Crippen LogP) is 2.43. The highest BCUT2D eigenvalue weighted by Gasteiger charge is 2.40. The van der Waals surface area contributed by atoms with Crippen molar-refractivity contribution in [3.05, 3.63) is 54.2 Å². The number of furan rings is 1. The van der Waals surface area contributed by atoms with E-state index in [2.05, 4.69) is 5.10 Å². The number of hydrogen-bond donors (Lipinski definition) is 1. The molecule has 154 valence electrons. The monoisotopic (exact) mass is 412 g/mol. The van der Waals surface area contributed by atoms with Crippen molar-refractivity contribution in [2.24, 2.45) is 10.8 Å². The van der Waals surface area contributed by atoms with E-state index in [1.54, 1.807) is 0 Å². The molecule has 0 fully saturated rings. The summed E-state index contributed by atoms with van der Waals surface area (Å²) in [6.45, 7) is -1.95. The van der Waals surface area contributed by atoms with Gasteiger partial charge >= 0.3 is 6.18 Å². The average Bonchev–Trinajstić information content (AvgIpc) is 3.30. The molecular formula is C18H16F4N4O3. The minimum Gasteiger partial charge on any atom is -0.467 e. The minimum absolute atomic E-state index is 0.156. The smallest absolute Gasteiger partial charge is 0.406 e. The molecule has 1 aliphatic heterocycles. The number of rotatable bonds is 6. The topological polar surface area (TPSA) is 92.1 Å². The van der Waals surface area contributed by atoms with Gasteiger partial charge in [0.2, 0.25) is 5.91 Å². The van der Waals surface area contributed by atoms with Crippen molar-refractivity contribution in [1.29, 1.82) is 0 Å². The standard InChI is InChI=1S/C18H16F4N4O3/c19-11-3-5-12(6-4-11)26-15(16(23)27)8-14(24-26)17(28)25(10-18(20,21)22)9-13-2-1-7-29-13/h1-7,15H,8-10H2,(H2,23,27). The van der Waals surface area contributed by atoms with Gasteiger partial charge in [-0.3, -0.25) is 14.6 Å². The Labute approximate surface area is 162 Å². The largest absolute Gasteiger partial charge is 0.467 e. The first-order valence-corrected chi connectivity index (χ1v) is 8.44. The summed E-state index contributed by atoms with van der Waals surface area (Å²) in [7, 11) is 0. The van der Waals surface area contributed by atoms with Gasteiger partial charge in [-0.15, -0.1) is 0 Å². The maximum atomic E-state index is 13.2. The van der Waals surface area contributed by atoms with Crippen LogP contribution in [0.4, 0.5) is 23.2 Å². The molecule has 1 aliphatic rings. The number of carbonyl (C=O) groups excluding carboxylic acids is 2. The molecule has 2 amide bonds. The minimum atomic E-state index is -4.65. The molecule has 29 heavy (non-hydrogen) atoms. The van der Waals surface area contributed by atoms with E-state index >= 15 is 0 Å². The number of carbonyl (C=O) groups is 2. The van der Waals surface area contributed by atoms with Crippen molar-refractivity contribution < 1.29 is 31.6 Å². The van der Waals surface area contributed by atoms with Crippen LogP contribution < -0.4 is 10.7 Å². The third-order valence-corrected chi connectivity index (χ3v) is 4.16. The van der Waals surface area contributed by atoms with Gasteiger partial charge in [-0.1, -0.05) is 0 Å². The zero-order valence-corrected chi connectivity index (χ0v) is 14.9. The molecule has 1 atom stereocenters. The summed E-state index contributed by atoms with van der Waals surface area (Å²) >= 11 is 0. The summed E-state index contributed by atoms with van der Waals surface area (Å²) in [4.78, 5) is 25.1. The number of amides is 2. The molecule has 1 aromatic carbocycles. The van der Waals surface area contributed by atoms with Crippen LogP contribution in [0, 0.1) is 5.82 Å². The summed E-state index contributed by atoms with van der Waals surface area (Å²) in [5.41, 5.74) is 5.36. The third-order valence-electron chi connectivity index (χ3n) is 4.16. The fourth-order valence-corrected chi connectivity index (χ4v) is 2.88. The zero-order chi connectivity index (χ0) is 21.2. The van der Waals surface area contributed by atoms with Crippen LogP contribution in [0.2, 0.25) is 0 Å². The lowest BCUT2D eigenvalue weighted by Gasteiger charge is -2.22. The first kappa shape index (κ1) is 20.4. The van der Waals surface area contributed by atoms with Gasteiger partial charge in [-0.25, -0.2) is 4.39 Å². The fraction of sp³-hybridized carbons (Fsp3) is 0.278. The van der Waals surface area contributed by atoms with Gasteiger partial charge in [0.05, 0.1) is 18.5 Å². The summed E-state index contributed by atoms with van der Waals surface area (Å²) in [6.07, 6.45) is -3.66. The van der Waals surface area contributed by atoms with Crippen LogP contribution in [0.15, 0.2) is 52.2 Å². The number of nitrogens with two attached hydrogens (primary N) is 1. The highest BCUT2D eigenvalue weighted by atomic mass is 19.4. The van der Waals surface area contributed by atoms with Gasteiger partial charge in [0, 0.05) is 6.42 Å². The second kappa shape index (κ2) is 7.94. The summed E-state index contributed by atoms with van der Waals surface area (Å²) in [5, 5.41) is 5.11. The van der Waals surface area contributed by atoms with Crippen LogP contribution in [0.1, 0.15) is 12.2 Å². The van der Waals surface area contributed by atoms with Crippen molar-refractivity contribution in [2.45, 2.75) is 25.2 Å². The van der Waals surface area contributed by atoms with Crippen LogP contribution >= 0.6 is 0 Å². The van der Waals surface area contributed by atoms with Gasteiger partial charge in [-0.05, 0) is 36.4 Å². The lowest BCUT2D eigenvalue weighted by atomic mass is 10.1. The van der Waals surface area contributed by atoms with Crippen molar-refractivity contribution in [3.63, 3.8) is 0 Å². The van der Waals surface area contributed by atoms with Crippen LogP contribution in [-0.4, -0.2) is 41.2 Å². The van der Waals surface area contributed by atoms with E-state index in [0.29, 0.717) is 4.90 Å². The maximum Gasteiger partial charge on any atom is 0.406 e. The number of alkyl halides is 3. The number of anilines is 1. The Morgan fingerprint density at radius 3 is 2.48 bits per heavy atom. The maximum absolute atomic E-state index is 13.2. The highest BCUT2D eigenvalue weighted by Crippen LogP contribution is 2.26. The van der Waals surface area contributed by atoms with Gasteiger partial charge < -0.3 is 15.1 Å². The quantitative estimate of drug-likeness (QED) is 0.738. The van der Waals surface area contributed by atoms with E-state index in [1.807, 2.05) is 0 Å². The first-order chi connectivity index (χ1) is 13.6. The molecule has 7 nitrogen and oxygen atoms in total. The molecule has 2 heterocycles. The van der Waals surface area contributed by atoms with E-state index in [9.17, 15) is 27.2 Å². The Morgan fingerprint density at radius 1 is 1.24 bits per heavy atom. The van der Waals surface area contributed by atoms with Crippen LogP contribution in [0.25, 0.3) is 0 Å². The Hall–Kier alpha value is -3.37. The Kier molecular flexibility index (Phi) is 5.57. The van der Waals surface area contributed by atoms with E-state index in [0.717, 1.165) is 17.1 Å². The van der Waals surface area contributed by atoms with E-state index in [-0.39, 0.29) is 23.6 Å². The van der Waals surface area contributed by atoms with Crippen molar-refractivity contribution in [1.82, 2.24) is 4.90 Å². The molecular weight excluding hydrogens is 396 g/mol. The molecule has 1 aromatic heterocycles. The number of primary amides is 1. The molecule has 0 saturated carbocycles. The van der Waals surface area contributed by atoms with E-state index < -0.39 is 42.9 Å². The summed E-state index contributed by atoms with van der Waals surface area (Å²) in [6, 6.07) is 6.71. The third kappa shape index (κ3) is 4.92. The molecule has 0 aliphatic carbocycles. The summed E-state index contributed by atoms with van der Waals surface area (Å²) in [5.74, 6) is -2.20. The molecule has 0 spiro atoms. The van der Waals surface area contributed by atoms with Crippen molar-refractivity contribution >= 4 is 23.2 Å². The van der Waals surface area contributed by atoms with Crippen molar-refractivity contribution in [3.8, 4) is 0 Å². The number of hydrogen-bond acceptors (Lipinski definition) is 5. The molecule has 11 heteroatoms. The molecule has 0 saturated heterocycles. The van der Waals surface area contributed by atoms with Gasteiger partial charge in [0.1, 0.15) is 29.9 Å². The lowest BCUT2D eigenvalue weighted by molar-refractivity contribution is -0.158. The van der Waals surface area contributed by atoms with Gasteiger partial charge in [-0.2, -0.15) is 18.3 Å². The highest BCUT2D eigenvalue weighted by molar-refractivity contribution is 6.40. The molecule has 0 radical (unpaired) electrons. The average molecular weight is 412 g/mol. The lowest BCUT2D eigenvalue weighted by Crippen LogP contribution is -2.43. The second-order valence-electron chi connectivity index (χ2n) is 6.35. The number of halogens is 4. The SMILES string of the molecule is NC(=O)C1CC(C(=O)N(Cc2ccco2)CC(F)(F)F)=NN1c1ccc(F)cc1. The Morgan fingerprint density at radius 2 is 1.93 bits per heavy atom. The normalized spacial score (nSPS) is 16.6. The first-order valence-electron chi connectivity index (χ1n) is 8.44. The molecule has 1 unspecified atom stereocenters. The number of hydrazone groups is 1. The molecule has 0 bridgehead atoms. The number of nitrogens with zero attached hydrogens (tertiary/aromatic N) is 3. The van der Waals surface area contributed by atoms with Crippen LogP contribution in [0.3, 0.4) is 0 Å². The van der Waals surface area contributed by atoms with Crippen molar-refractivity contribution in [2.75, 3.05) is 11.6 Å².